The number of aliphatic hydroxyl groups is 1. The molecule has 17 heavy (non-hydrogen) atoms. The first-order valence-electron chi connectivity index (χ1n) is 6.34. The number of ether oxygens (including phenoxy) is 1. The molecule has 0 aromatic carbocycles. The smallest absolute Gasteiger partial charge is 0.221 e. The van der Waals surface area contributed by atoms with Crippen LogP contribution in [0.25, 0.3) is 0 Å². The van der Waals surface area contributed by atoms with Crippen LogP contribution in [0.5, 0.6) is 0 Å². The zero-order valence-corrected chi connectivity index (χ0v) is 10.7. The van der Waals surface area contributed by atoms with Gasteiger partial charge in [-0.05, 0) is 13.3 Å². The first-order valence-corrected chi connectivity index (χ1v) is 6.34. The molecule has 0 aromatic heterocycles. The van der Waals surface area contributed by atoms with Gasteiger partial charge in [0.15, 0.2) is 0 Å². The van der Waals surface area contributed by atoms with E-state index in [0.717, 1.165) is 12.8 Å². The Balaban J connectivity index is 2.28. The van der Waals surface area contributed by atoms with E-state index in [-0.39, 0.29) is 24.6 Å². The van der Waals surface area contributed by atoms with Gasteiger partial charge in [-0.3, -0.25) is 4.79 Å². The summed E-state index contributed by atoms with van der Waals surface area (Å²) in [7, 11) is 0. The average Bonchev–Trinajstić information content (AvgIpc) is 2.57. The van der Waals surface area contributed by atoms with E-state index >= 15 is 0 Å². The van der Waals surface area contributed by atoms with Gasteiger partial charge in [0.2, 0.25) is 5.91 Å². The number of nitrogens with one attached hydrogen (secondary N) is 1. The Labute approximate surface area is 103 Å². The first-order chi connectivity index (χ1) is 7.98. The molecular weight excluding hydrogens is 220 g/mol. The van der Waals surface area contributed by atoms with Crippen molar-refractivity contribution in [2.24, 2.45) is 5.73 Å². The van der Waals surface area contributed by atoms with Crippen molar-refractivity contribution in [3.63, 3.8) is 0 Å². The Bertz CT molecular complexity index is 260. The van der Waals surface area contributed by atoms with Crippen molar-refractivity contribution in [3.8, 4) is 0 Å². The third kappa shape index (κ3) is 4.26. The minimum atomic E-state index is -0.926. The number of hydrogen-bond donors (Lipinski definition) is 3. The lowest BCUT2D eigenvalue weighted by Crippen LogP contribution is -2.48. The van der Waals surface area contributed by atoms with E-state index in [1.165, 1.54) is 0 Å². The van der Waals surface area contributed by atoms with E-state index in [1.54, 1.807) is 0 Å². The second kappa shape index (κ2) is 6.33. The third-order valence-corrected chi connectivity index (χ3v) is 3.36. The van der Waals surface area contributed by atoms with Crippen LogP contribution in [0, 0.1) is 0 Å². The highest BCUT2D eigenvalue weighted by Crippen LogP contribution is 2.24. The molecule has 1 rings (SSSR count). The molecule has 1 aliphatic heterocycles. The number of carbonyl (C=O) groups is 1. The van der Waals surface area contributed by atoms with Gasteiger partial charge in [-0.2, -0.15) is 0 Å². The summed E-state index contributed by atoms with van der Waals surface area (Å²) in [5.74, 6) is -0.0986. The van der Waals surface area contributed by atoms with Crippen LogP contribution in [0.1, 0.15) is 39.5 Å². The number of nitrogens with two attached hydrogens (primary N) is 1. The molecule has 5 heteroatoms. The number of rotatable bonds is 6. The molecule has 0 saturated carbocycles. The van der Waals surface area contributed by atoms with Gasteiger partial charge in [-0.1, -0.05) is 13.3 Å². The molecule has 4 N–H and O–H groups in total. The lowest BCUT2D eigenvalue weighted by atomic mass is 9.96. The highest BCUT2D eigenvalue weighted by Gasteiger charge is 2.39. The Morgan fingerprint density at radius 2 is 2.41 bits per heavy atom. The van der Waals surface area contributed by atoms with Crippen LogP contribution in [0.2, 0.25) is 0 Å². The maximum Gasteiger partial charge on any atom is 0.221 e. The van der Waals surface area contributed by atoms with Crippen molar-refractivity contribution in [1.82, 2.24) is 5.32 Å². The molecule has 0 aromatic rings. The zero-order chi connectivity index (χ0) is 12.9. The van der Waals surface area contributed by atoms with Gasteiger partial charge in [0.05, 0.1) is 6.10 Å². The third-order valence-electron chi connectivity index (χ3n) is 3.36. The van der Waals surface area contributed by atoms with E-state index in [2.05, 4.69) is 5.32 Å². The number of carbonyl (C=O) groups excluding carboxylic acids is 1. The van der Waals surface area contributed by atoms with Crippen LogP contribution in [-0.2, 0) is 9.53 Å². The van der Waals surface area contributed by atoms with Gasteiger partial charge in [0.1, 0.15) is 5.60 Å². The van der Waals surface area contributed by atoms with Gasteiger partial charge >= 0.3 is 0 Å². The van der Waals surface area contributed by atoms with Crippen molar-refractivity contribution in [1.29, 1.82) is 0 Å². The van der Waals surface area contributed by atoms with Crippen molar-refractivity contribution in [2.75, 3.05) is 13.2 Å². The summed E-state index contributed by atoms with van der Waals surface area (Å²) in [5.41, 5.74) is 4.86. The summed E-state index contributed by atoms with van der Waals surface area (Å²) >= 11 is 0. The SMILES string of the molecule is CCCC(N)CC(=O)NCC1(O)CCOC1C. The van der Waals surface area contributed by atoms with Crippen LogP contribution >= 0.6 is 0 Å². The van der Waals surface area contributed by atoms with Gasteiger partial charge in [0.25, 0.3) is 0 Å². The van der Waals surface area contributed by atoms with Gasteiger partial charge in [0, 0.05) is 32.0 Å². The summed E-state index contributed by atoms with van der Waals surface area (Å²) in [6, 6.07) is -0.0908. The fraction of sp³-hybridized carbons (Fsp3) is 0.917. The Kier molecular flexibility index (Phi) is 5.36. The molecule has 1 aliphatic rings. The summed E-state index contributed by atoms with van der Waals surface area (Å²) in [6.45, 7) is 4.65. The second-order valence-corrected chi connectivity index (χ2v) is 4.90. The van der Waals surface area contributed by atoms with Crippen LogP contribution in [0.4, 0.5) is 0 Å². The molecule has 1 heterocycles. The predicted octanol–water partition coefficient (Wildman–Crippen LogP) is 0.160. The number of hydrogen-bond acceptors (Lipinski definition) is 4. The Morgan fingerprint density at radius 1 is 1.71 bits per heavy atom. The monoisotopic (exact) mass is 244 g/mol. The normalized spacial score (nSPS) is 30.2. The van der Waals surface area contributed by atoms with Crippen LogP contribution in [0.3, 0.4) is 0 Å². The van der Waals surface area contributed by atoms with Gasteiger partial charge in [-0.15, -0.1) is 0 Å². The van der Waals surface area contributed by atoms with Crippen molar-refractivity contribution < 1.29 is 14.6 Å². The average molecular weight is 244 g/mol. The highest BCUT2D eigenvalue weighted by molar-refractivity contribution is 5.76. The first kappa shape index (κ1) is 14.4. The highest BCUT2D eigenvalue weighted by atomic mass is 16.5. The molecular formula is C12H24N2O3. The van der Waals surface area contributed by atoms with Crippen molar-refractivity contribution in [3.05, 3.63) is 0 Å². The molecule has 3 atom stereocenters. The molecule has 0 spiro atoms. The Morgan fingerprint density at radius 3 is 2.94 bits per heavy atom. The second-order valence-electron chi connectivity index (χ2n) is 4.90. The summed E-state index contributed by atoms with van der Waals surface area (Å²) in [6.07, 6.45) is 2.47. The Hall–Kier alpha value is -0.650. The minimum absolute atomic E-state index is 0.0908. The largest absolute Gasteiger partial charge is 0.385 e. The molecule has 1 amide bonds. The van der Waals surface area contributed by atoms with E-state index < -0.39 is 5.60 Å². The maximum absolute atomic E-state index is 11.6. The number of amides is 1. The summed E-state index contributed by atoms with van der Waals surface area (Å²) < 4.78 is 5.29. The van der Waals surface area contributed by atoms with E-state index in [4.69, 9.17) is 10.5 Å². The topological polar surface area (TPSA) is 84.6 Å². The quantitative estimate of drug-likeness (QED) is 0.621. The van der Waals surface area contributed by atoms with E-state index in [1.807, 2.05) is 13.8 Å². The standard InChI is InChI=1S/C12H24N2O3/c1-3-4-10(13)7-11(15)14-8-12(16)5-6-17-9(12)2/h9-10,16H,3-8,13H2,1-2H3,(H,14,15). The molecule has 0 bridgehead atoms. The predicted molar refractivity (Wildman–Crippen MR) is 65.5 cm³/mol. The molecule has 0 aliphatic carbocycles. The van der Waals surface area contributed by atoms with Crippen LogP contribution in [0.15, 0.2) is 0 Å². The van der Waals surface area contributed by atoms with E-state index in [9.17, 15) is 9.90 Å². The summed E-state index contributed by atoms with van der Waals surface area (Å²) in [5, 5.41) is 12.9. The lowest BCUT2D eigenvalue weighted by molar-refractivity contribution is -0.123. The minimum Gasteiger partial charge on any atom is -0.385 e. The van der Waals surface area contributed by atoms with Crippen molar-refractivity contribution >= 4 is 5.91 Å². The van der Waals surface area contributed by atoms with Crippen LogP contribution < -0.4 is 11.1 Å². The van der Waals surface area contributed by atoms with Gasteiger partial charge in [-0.25, -0.2) is 0 Å². The van der Waals surface area contributed by atoms with Gasteiger partial charge < -0.3 is 20.9 Å². The molecule has 1 saturated heterocycles. The zero-order valence-electron chi connectivity index (χ0n) is 10.7. The molecule has 3 unspecified atom stereocenters. The van der Waals surface area contributed by atoms with Crippen LogP contribution in [-0.4, -0.2) is 41.9 Å². The lowest BCUT2D eigenvalue weighted by Gasteiger charge is -2.26. The summed E-state index contributed by atoms with van der Waals surface area (Å²) in [4.78, 5) is 11.6. The molecule has 5 nitrogen and oxygen atoms in total. The fourth-order valence-corrected chi connectivity index (χ4v) is 2.04. The maximum atomic E-state index is 11.6. The molecule has 100 valence electrons. The van der Waals surface area contributed by atoms with Crippen molar-refractivity contribution in [2.45, 2.75) is 57.3 Å². The molecule has 0 radical (unpaired) electrons. The fourth-order valence-electron chi connectivity index (χ4n) is 2.04. The van der Waals surface area contributed by atoms with E-state index in [0.29, 0.717) is 19.4 Å². The molecule has 1 fully saturated rings.